The predicted molar refractivity (Wildman–Crippen MR) is 101 cm³/mol. The highest BCUT2D eigenvalue weighted by atomic mass is 14.7. The van der Waals surface area contributed by atoms with Gasteiger partial charge in [-0.05, 0) is 72.0 Å². The van der Waals surface area contributed by atoms with E-state index in [1.54, 1.807) is 5.57 Å². The van der Waals surface area contributed by atoms with Crippen molar-refractivity contribution in [2.45, 2.75) is 86.5 Å². The molecule has 0 saturated heterocycles. The second-order valence-electron chi connectivity index (χ2n) is 10.2. The average molecular weight is 317 g/mol. The van der Waals surface area contributed by atoms with Crippen molar-refractivity contribution in [2.24, 2.45) is 46.3 Å². The van der Waals surface area contributed by atoms with Crippen molar-refractivity contribution in [3.8, 4) is 0 Å². The lowest BCUT2D eigenvalue weighted by Crippen LogP contribution is -2.38. The van der Waals surface area contributed by atoms with Crippen molar-refractivity contribution < 1.29 is 0 Å². The monoisotopic (exact) mass is 316 g/mol. The minimum Gasteiger partial charge on any atom is -0.0993 e. The van der Waals surface area contributed by atoms with E-state index in [1.165, 1.54) is 44.9 Å². The molecule has 0 aromatic rings. The van der Waals surface area contributed by atoms with Crippen LogP contribution in [-0.2, 0) is 0 Å². The Morgan fingerprint density at radius 3 is 2.22 bits per heavy atom. The molecule has 3 fully saturated rings. The first-order valence-corrected chi connectivity index (χ1v) is 10.5. The lowest BCUT2D eigenvalue weighted by molar-refractivity contribution is 0.0839. The molecule has 0 heteroatoms. The second-order valence-corrected chi connectivity index (χ2v) is 10.2. The summed E-state index contributed by atoms with van der Waals surface area (Å²) in [4.78, 5) is 0. The molecule has 23 heavy (non-hydrogen) atoms. The van der Waals surface area contributed by atoms with Crippen LogP contribution in [0.5, 0.6) is 0 Å². The van der Waals surface area contributed by atoms with Crippen molar-refractivity contribution in [3.05, 3.63) is 12.2 Å². The normalized spacial score (nSPS) is 45.5. The van der Waals surface area contributed by atoms with Crippen LogP contribution in [0.25, 0.3) is 0 Å². The molecule has 7 unspecified atom stereocenters. The predicted octanol–water partition coefficient (Wildman–Crippen LogP) is 7.10. The van der Waals surface area contributed by atoms with Gasteiger partial charge in [0, 0.05) is 0 Å². The summed E-state index contributed by atoms with van der Waals surface area (Å²) in [6.45, 7) is 19.3. The van der Waals surface area contributed by atoms with Crippen molar-refractivity contribution >= 4 is 0 Å². The van der Waals surface area contributed by atoms with Crippen molar-refractivity contribution in [2.75, 3.05) is 0 Å². The van der Waals surface area contributed by atoms with E-state index >= 15 is 0 Å². The van der Waals surface area contributed by atoms with Crippen molar-refractivity contribution in [1.29, 1.82) is 0 Å². The van der Waals surface area contributed by atoms with Gasteiger partial charge in [-0.15, -0.1) is 0 Å². The van der Waals surface area contributed by atoms with Crippen LogP contribution in [0.1, 0.15) is 86.5 Å². The summed E-state index contributed by atoms with van der Waals surface area (Å²) in [5.74, 6) is 6.08. The van der Waals surface area contributed by atoms with Crippen molar-refractivity contribution in [1.82, 2.24) is 0 Å². The molecule has 0 aliphatic heterocycles. The fourth-order valence-corrected chi connectivity index (χ4v) is 7.06. The lowest BCUT2D eigenvalue weighted by atomic mass is 9.59. The standard InChI is InChI=1S/C23H40/c1-8-16-11-17(9-2)21-19-12-18(20(16)21)14-23(19,7)15(4)13-22(5,6)10-3/h16-21H,4,8-14H2,1-3,5-7H3. The first-order valence-electron chi connectivity index (χ1n) is 10.5. The highest BCUT2D eigenvalue weighted by Gasteiger charge is 2.63. The Labute approximate surface area is 145 Å². The Morgan fingerprint density at radius 2 is 1.65 bits per heavy atom. The van der Waals surface area contributed by atoms with E-state index in [0.29, 0.717) is 10.8 Å². The third kappa shape index (κ3) is 2.63. The van der Waals surface area contributed by atoms with E-state index in [4.69, 9.17) is 0 Å². The Kier molecular flexibility index (Phi) is 4.52. The fourth-order valence-electron chi connectivity index (χ4n) is 7.06. The maximum atomic E-state index is 4.66. The van der Waals surface area contributed by atoms with E-state index in [1.807, 2.05) is 0 Å². The van der Waals surface area contributed by atoms with Gasteiger partial charge in [-0.25, -0.2) is 0 Å². The van der Waals surface area contributed by atoms with E-state index in [-0.39, 0.29) is 0 Å². The molecule has 0 nitrogen and oxygen atoms in total. The summed E-state index contributed by atoms with van der Waals surface area (Å²) in [5.41, 5.74) is 2.45. The molecule has 0 heterocycles. The summed E-state index contributed by atoms with van der Waals surface area (Å²) in [6.07, 6.45) is 9.81. The van der Waals surface area contributed by atoms with Crippen LogP contribution in [0.3, 0.4) is 0 Å². The van der Waals surface area contributed by atoms with Gasteiger partial charge in [0.25, 0.3) is 0 Å². The average Bonchev–Trinajstić information content (AvgIpc) is 3.15. The minimum atomic E-state index is 0.424. The zero-order valence-electron chi connectivity index (χ0n) is 16.6. The lowest BCUT2D eigenvalue weighted by Gasteiger charge is -2.45. The number of rotatable bonds is 6. The number of fused-ring (bicyclic) bond motifs is 5. The molecule has 2 bridgehead atoms. The number of hydrogen-bond donors (Lipinski definition) is 0. The van der Waals surface area contributed by atoms with Gasteiger partial charge in [-0.2, -0.15) is 0 Å². The third-order valence-electron chi connectivity index (χ3n) is 8.71. The Morgan fingerprint density at radius 1 is 1.04 bits per heavy atom. The van der Waals surface area contributed by atoms with Crippen LogP contribution in [0.4, 0.5) is 0 Å². The second kappa shape index (κ2) is 5.92. The zero-order chi connectivity index (χ0) is 17.0. The molecule has 3 rings (SSSR count). The van der Waals surface area contributed by atoms with Crippen LogP contribution < -0.4 is 0 Å². The van der Waals surface area contributed by atoms with E-state index < -0.39 is 0 Å². The van der Waals surface area contributed by atoms with Gasteiger partial charge in [-0.3, -0.25) is 0 Å². The molecule has 3 saturated carbocycles. The minimum absolute atomic E-state index is 0.424. The molecule has 3 aliphatic carbocycles. The summed E-state index contributed by atoms with van der Waals surface area (Å²) in [5, 5.41) is 0. The van der Waals surface area contributed by atoms with Gasteiger partial charge in [0.15, 0.2) is 0 Å². The molecular weight excluding hydrogens is 276 g/mol. The summed E-state index contributed by atoms with van der Waals surface area (Å²) in [7, 11) is 0. The Balaban J connectivity index is 1.82. The van der Waals surface area contributed by atoms with Gasteiger partial charge in [0.2, 0.25) is 0 Å². The Hall–Kier alpha value is -0.260. The maximum absolute atomic E-state index is 4.66. The summed E-state index contributed by atoms with van der Waals surface area (Å²) < 4.78 is 0. The molecular formula is C23H40. The fraction of sp³-hybridized carbons (Fsp3) is 0.913. The van der Waals surface area contributed by atoms with Crippen LogP contribution in [0.2, 0.25) is 0 Å². The number of allylic oxidation sites excluding steroid dienone is 1. The van der Waals surface area contributed by atoms with Gasteiger partial charge in [-0.1, -0.05) is 73.0 Å². The first-order chi connectivity index (χ1) is 10.8. The molecule has 0 N–H and O–H groups in total. The van der Waals surface area contributed by atoms with Gasteiger partial charge < -0.3 is 0 Å². The SMILES string of the molecule is C=C(CC(C)(C)CC)C1(C)CC2CC1C1C(CC)CC(CC)C21. The molecule has 0 spiro atoms. The van der Waals surface area contributed by atoms with E-state index in [2.05, 4.69) is 48.1 Å². The van der Waals surface area contributed by atoms with Crippen LogP contribution in [0.15, 0.2) is 12.2 Å². The first kappa shape index (κ1) is 17.6. The Bertz CT molecular complexity index is 459. The highest BCUT2D eigenvalue weighted by molar-refractivity contribution is 5.23. The maximum Gasteiger partial charge on any atom is -0.00849 e. The van der Waals surface area contributed by atoms with E-state index in [0.717, 1.165) is 35.5 Å². The van der Waals surface area contributed by atoms with Gasteiger partial charge in [0.1, 0.15) is 0 Å². The molecule has 0 radical (unpaired) electrons. The summed E-state index contributed by atoms with van der Waals surface area (Å²) in [6, 6.07) is 0. The number of hydrogen-bond acceptors (Lipinski definition) is 0. The third-order valence-corrected chi connectivity index (χ3v) is 8.71. The van der Waals surface area contributed by atoms with Gasteiger partial charge >= 0.3 is 0 Å². The molecule has 132 valence electrons. The smallest absolute Gasteiger partial charge is 0.00849 e. The van der Waals surface area contributed by atoms with Crippen LogP contribution in [0, 0.1) is 46.3 Å². The van der Waals surface area contributed by atoms with Gasteiger partial charge in [0.05, 0.1) is 0 Å². The molecule has 0 amide bonds. The molecule has 7 atom stereocenters. The molecule has 0 aromatic heterocycles. The highest BCUT2D eigenvalue weighted by Crippen LogP contribution is 2.71. The summed E-state index contributed by atoms with van der Waals surface area (Å²) >= 11 is 0. The molecule has 0 aromatic carbocycles. The van der Waals surface area contributed by atoms with Crippen molar-refractivity contribution in [3.63, 3.8) is 0 Å². The van der Waals surface area contributed by atoms with Crippen LogP contribution in [-0.4, -0.2) is 0 Å². The largest absolute Gasteiger partial charge is 0.0993 e. The van der Waals surface area contributed by atoms with E-state index in [9.17, 15) is 0 Å². The zero-order valence-corrected chi connectivity index (χ0v) is 16.6. The van der Waals surface area contributed by atoms with Crippen LogP contribution >= 0.6 is 0 Å². The quantitative estimate of drug-likeness (QED) is 0.458. The topological polar surface area (TPSA) is 0 Å². The molecule has 3 aliphatic rings.